The van der Waals surface area contributed by atoms with Crippen molar-refractivity contribution >= 4 is 21.8 Å². The smallest absolute Gasteiger partial charge is 0.272 e. The summed E-state index contributed by atoms with van der Waals surface area (Å²) >= 11 is 0. The maximum absolute atomic E-state index is 13.4. The van der Waals surface area contributed by atoms with Crippen molar-refractivity contribution in [3.63, 3.8) is 0 Å². The number of aryl methyl sites for hydroxylation is 1. The van der Waals surface area contributed by atoms with Crippen molar-refractivity contribution < 1.29 is 22.7 Å². The van der Waals surface area contributed by atoms with Crippen LogP contribution in [0.2, 0.25) is 0 Å². The van der Waals surface area contributed by atoms with Crippen LogP contribution >= 0.6 is 0 Å². The van der Waals surface area contributed by atoms with Crippen LogP contribution in [0.3, 0.4) is 0 Å². The van der Waals surface area contributed by atoms with Crippen molar-refractivity contribution in [3.05, 3.63) is 52.3 Å². The van der Waals surface area contributed by atoms with Crippen molar-refractivity contribution in [3.8, 4) is 6.07 Å². The zero-order chi connectivity index (χ0) is 26.4. The van der Waals surface area contributed by atoms with Gasteiger partial charge < -0.3 is 15.0 Å². The average molecular weight is 527 g/mol. The number of nitriles is 1. The summed E-state index contributed by atoms with van der Waals surface area (Å²) in [5.74, 6) is -0.689. The lowest BCUT2D eigenvalue weighted by Crippen LogP contribution is -2.49. The number of hydrogen-bond donors (Lipinski definition) is 1. The lowest BCUT2D eigenvalue weighted by atomic mass is 10.0. The average Bonchev–Trinajstić information content (AvgIpc) is 3.38. The molecular formula is C25H30N6O5S. The number of carbonyl (C=O) groups is 2. The highest BCUT2D eigenvalue weighted by Crippen LogP contribution is 2.47. The SMILES string of the molecule is CO[C@@H]1CCN(S(=O)(=O)C2(CN3CCc4c(C(=O)NCc5ccc(C#N)cc5)nn(C)c4C3=O)CC2)C1. The molecular weight excluding hydrogens is 496 g/mol. The van der Waals surface area contributed by atoms with Gasteiger partial charge in [-0.3, -0.25) is 14.3 Å². The third kappa shape index (κ3) is 4.52. The van der Waals surface area contributed by atoms with Crippen LogP contribution in [0.5, 0.6) is 0 Å². The molecule has 0 radical (unpaired) electrons. The molecule has 0 bridgehead atoms. The van der Waals surface area contributed by atoms with Crippen molar-refractivity contribution in [1.29, 1.82) is 5.26 Å². The number of ether oxygens (including phenoxy) is 1. The Kier molecular flexibility index (Phi) is 6.55. The summed E-state index contributed by atoms with van der Waals surface area (Å²) < 4.78 is 34.2. The van der Waals surface area contributed by atoms with Crippen LogP contribution in [0.25, 0.3) is 0 Å². The Hall–Kier alpha value is -3.27. The minimum atomic E-state index is -3.57. The Balaban J connectivity index is 1.28. The molecule has 3 aliphatic rings. The Morgan fingerprint density at radius 1 is 1.27 bits per heavy atom. The van der Waals surface area contributed by atoms with Crippen molar-refractivity contribution in [2.45, 2.75) is 43.1 Å². The lowest BCUT2D eigenvalue weighted by molar-refractivity contribution is 0.0723. The maximum Gasteiger partial charge on any atom is 0.272 e. The lowest BCUT2D eigenvalue weighted by Gasteiger charge is -2.32. The molecule has 0 spiro atoms. The monoisotopic (exact) mass is 526 g/mol. The third-order valence-corrected chi connectivity index (χ3v) is 10.3. The minimum absolute atomic E-state index is 0.0966. The summed E-state index contributed by atoms with van der Waals surface area (Å²) in [6.07, 6.45) is 2.03. The third-order valence-electron chi connectivity index (χ3n) is 7.63. The Bertz CT molecular complexity index is 1370. The van der Waals surface area contributed by atoms with Crippen molar-refractivity contribution in [1.82, 2.24) is 24.3 Å². The van der Waals surface area contributed by atoms with Gasteiger partial charge in [-0.15, -0.1) is 0 Å². The number of nitrogens with one attached hydrogen (secondary N) is 1. The van der Waals surface area contributed by atoms with Crippen LogP contribution in [0.4, 0.5) is 0 Å². The number of aromatic nitrogens is 2. The molecule has 2 aliphatic heterocycles. The zero-order valence-electron chi connectivity index (χ0n) is 20.9. The topological polar surface area (TPSA) is 138 Å². The van der Waals surface area contributed by atoms with Gasteiger partial charge in [0.1, 0.15) is 10.4 Å². The normalized spacial score (nSPS) is 20.9. The number of nitrogens with zero attached hydrogens (tertiary/aromatic N) is 5. The van der Waals surface area contributed by atoms with Gasteiger partial charge in [-0.1, -0.05) is 12.1 Å². The molecule has 5 rings (SSSR count). The van der Waals surface area contributed by atoms with Crippen LogP contribution < -0.4 is 5.32 Å². The Morgan fingerprint density at radius 3 is 2.62 bits per heavy atom. The van der Waals surface area contributed by atoms with E-state index in [1.807, 2.05) is 0 Å². The molecule has 2 fully saturated rings. The summed E-state index contributed by atoms with van der Waals surface area (Å²) in [6, 6.07) is 8.97. The van der Waals surface area contributed by atoms with Crippen molar-refractivity contribution in [2.24, 2.45) is 7.05 Å². The van der Waals surface area contributed by atoms with Gasteiger partial charge in [0.2, 0.25) is 10.0 Å². The highest BCUT2D eigenvalue weighted by molar-refractivity contribution is 7.90. The fourth-order valence-corrected chi connectivity index (χ4v) is 7.43. The largest absolute Gasteiger partial charge is 0.380 e. The number of rotatable bonds is 8. The first-order chi connectivity index (χ1) is 17.7. The molecule has 12 heteroatoms. The van der Waals surface area contributed by atoms with Crippen LogP contribution in [-0.2, 0) is 34.8 Å². The van der Waals surface area contributed by atoms with E-state index in [1.54, 1.807) is 43.3 Å². The number of benzene rings is 1. The number of sulfonamides is 1. The van der Waals surface area contributed by atoms with E-state index >= 15 is 0 Å². The summed E-state index contributed by atoms with van der Waals surface area (Å²) in [5.41, 5.74) is 2.48. The molecule has 196 valence electrons. The number of amides is 2. The minimum Gasteiger partial charge on any atom is -0.380 e. The van der Waals surface area contributed by atoms with E-state index in [9.17, 15) is 18.0 Å². The first-order valence-electron chi connectivity index (χ1n) is 12.3. The van der Waals surface area contributed by atoms with E-state index in [0.717, 1.165) is 5.56 Å². The van der Waals surface area contributed by atoms with Crippen LogP contribution in [0.15, 0.2) is 24.3 Å². The van der Waals surface area contributed by atoms with Gasteiger partial charge in [0.15, 0.2) is 5.69 Å². The number of methoxy groups -OCH3 is 1. The van der Waals surface area contributed by atoms with Crippen LogP contribution in [0.1, 0.15) is 56.9 Å². The molecule has 1 aliphatic carbocycles. The number of hydrogen-bond acceptors (Lipinski definition) is 7. The Morgan fingerprint density at radius 2 is 2.00 bits per heavy atom. The van der Waals surface area contributed by atoms with Crippen LogP contribution in [0, 0.1) is 11.3 Å². The summed E-state index contributed by atoms with van der Waals surface area (Å²) in [7, 11) is -0.360. The van der Waals surface area contributed by atoms with Crippen LogP contribution in [-0.4, -0.2) is 83.4 Å². The van der Waals surface area contributed by atoms with E-state index in [0.29, 0.717) is 62.1 Å². The van der Waals surface area contributed by atoms with Gasteiger partial charge in [-0.2, -0.15) is 14.7 Å². The second kappa shape index (κ2) is 9.55. The fraction of sp³-hybridized carbons (Fsp3) is 0.520. The zero-order valence-corrected chi connectivity index (χ0v) is 21.8. The number of carbonyl (C=O) groups excluding carboxylic acids is 2. The van der Waals surface area contributed by atoms with Gasteiger partial charge in [-0.25, -0.2) is 8.42 Å². The van der Waals surface area contributed by atoms with Gasteiger partial charge in [0, 0.05) is 52.4 Å². The molecule has 37 heavy (non-hydrogen) atoms. The van der Waals surface area contributed by atoms with Gasteiger partial charge in [0.05, 0.1) is 17.7 Å². The summed E-state index contributed by atoms with van der Waals surface area (Å²) in [5, 5.41) is 16.1. The molecule has 0 unspecified atom stereocenters. The molecule has 2 aromatic rings. The molecule has 1 aromatic heterocycles. The quantitative estimate of drug-likeness (QED) is 0.537. The fourth-order valence-electron chi connectivity index (χ4n) is 5.23. The second-order valence-electron chi connectivity index (χ2n) is 9.96. The predicted molar refractivity (Wildman–Crippen MR) is 133 cm³/mol. The van der Waals surface area contributed by atoms with Gasteiger partial charge in [0.25, 0.3) is 11.8 Å². The molecule has 1 N–H and O–H groups in total. The standard InChI is InChI=1S/C25H30N6O5S/c1-29-22-20(21(28-29)23(32)27-14-18-5-3-17(13-26)4-6-18)8-11-30(24(22)33)16-25(9-10-25)37(34,35)31-12-7-19(15-31)36-2/h3-6,19H,7-12,14-16H2,1-2H3,(H,27,32)/t19-/m1/s1. The maximum atomic E-state index is 13.4. The van der Waals surface area contributed by atoms with E-state index < -0.39 is 14.8 Å². The Labute approximate surface area is 216 Å². The van der Waals surface area contributed by atoms with E-state index in [1.165, 1.54) is 8.99 Å². The highest BCUT2D eigenvalue weighted by atomic mass is 32.2. The summed E-state index contributed by atoms with van der Waals surface area (Å²) in [4.78, 5) is 28.0. The van der Waals surface area contributed by atoms with E-state index in [-0.39, 0.29) is 36.7 Å². The van der Waals surface area contributed by atoms with Gasteiger partial charge >= 0.3 is 0 Å². The highest BCUT2D eigenvalue weighted by Gasteiger charge is 2.59. The molecule has 11 nitrogen and oxygen atoms in total. The molecule has 2 amide bonds. The second-order valence-corrected chi connectivity index (χ2v) is 12.3. The molecule has 1 atom stereocenters. The first kappa shape index (κ1) is 25.4. The first-order valence-corrected chi connectivity index (χ1v) is 13.8. The number of fused-ring (bicyclic) bond motifs is 1. The molecule has 1 aromatic carbocycles. The van der Waals surface area contributed by atoms with Gasteiger partial charge in [-0.05, 0) is 43.4 Å². The molecule has 1 saturated heterocycles. The van der Waals surface area contributed by atoms with Crippen molar-refractivity contribution in [2.75, 3.05) is 33.3 Å². The molecule has 1 saturated carbocycles. The summed E-state index contributed by atoms with van der Waals surface area (Å²) in [6.45, 7) is 1.50. The van der Waals surface area contributed by atoms with E-state index in [4.69, 9.17) is 10.00 Å². The van der Waals surface area contributed by atoms with E-state index in [2.05, 4.69) is 16.5 Å². The predicted octanol–water partition coefficient (Wildman–Crippen LogP) is 0.803. The molecule has 3 heterocycles.